The van der Waals surface area contributed by atoms with Gasteiger partial charge in [-0.1, -0.05) is 72.0 Å². The van der Waals surface area contributed by atoms with E-state index < -0.39 is 29.7 Å². The Labute approximate surface area is 513 Å². The third kappa shape index (κ3) is 21.7. The summed E-state index contributed by atoms with van der Waals surface area (Å²) < 4.78 is 44.9. The summed E-state index contributed by atoms with van der Waals surface area (Å²) in [6.45, 7) is 12.9. The minimum Gasteiger partial charge on any atom is -0.494 e. The van der Waals surface area contributed by atoms with Crippen LogP contribution in [0.3, 0.4) is 0 Å². The fourth-order valence-corrected chi connectivity index (χ4v) is 10.8. The molecule has 17 nitrogen and oxygen atoms in total. The Morgan fingerprint density at radius 1 is 0.529 bits per heavy atom. The fourth-order valence-electron chi connectivity index (χ4n) is 9.85. The number of unbranched alkanes of at least 4 members (excludes halogenated alkanes) is 6. The van der Waals surface area contributed by atoms with E-state index in [4.69, 9.17) is 48.0 Å². The lowest BCUT2D eigenvalue weighted by molar-refractivity contribution is -0.149. The van der Waals surface area contributed by atoms with Gasteiger partial charge in [0.15, 0.2) is 0 Å². The molecule has 18 heteroatoms. The van der Waals surface area contributed by atoms with Crippen molar-refractivity contribution in [2.75, 3.05) is 38.5 Å². The van der Waals surface area contributed by atoms with Crippen LogP contribution in [0.1, 0.15) is 119 Å². The van der Waals surface area contributed by atoms with Crippen LogP contribution in [0.2, 0.25) is 0 Å². The van der Waals surface area contributed by atoms with E-state index in [1.807, 2.05) is 79.7 Å². The van der Waals surface area contributed by atoms with Crippen molar-refractivity contribution in [2.45, 2.75) is 117 Å². The number of carbonyl (C=O) groups is 6. The molecule has 5 aromatic carbocycles. The van der Waals surface area contributed by atoms with Gasteiger partial charge in [-0.25, -0.2) is 19.6 Å². The molecule has 0 atom stereocenters. The standard InChI is InChI=1S/C53H57N3O11S.C16H22O3/c1-4-48(57)64-32-10-6-5-9-31-63-42-25-27-43(28-26-42)65-50(59)37-19-21-38(22-20-37)51(60)66-44-29-30-46(67-52(61)39-17-15-36(16-18-39)49(58)62-3)40(33-44)34-54-56(41-23-13-35(2)14-24-41)53-55-45-11-7-8-12-47(45)68-53;1-3-16(17)19-13-7-5-4-6-12-18-15-10-8-14(2)9-11-15/h4,7-8,11-14,23-30,33-34,36-39H,1,5-6,9-10,15-22,31-32H2,2-3H3;3,8-11H,1,4-7,12-13H2,2H3/b54-34+;. The topological polar surface area (TPSA) is 205 Å². The van der Waals surface area contributed by atoms with Crippen molar-refractivity contribution in [1.29, 1.82) is 0 Å². The first-order valence-corrected chi connectivity index (χ1v) is 30.7. The van der Waals surface area contributed by atoms with Crippen molar-refractivity contribution in [2.24, 2.45) is 28.8 Å². The number of carbonyl (C=O) groups excluding carboxylic acids is 6. The van der Waals surface area contributed by atoms with Gasteiger partial charge in [-0.3, -0.25) is 19.2 Å². The van der Waals surface area contributed by atoms with Gasteiger partial charge in [0.2, 0.25) is 5.13 Å². The molecule has 0 bridgehead atoms. The summed E-state index contributed by atoms with van der Waals surface area (Å²) in [6, 6.07) is 35.5. The van der Waals surface area contributed by atoms with Gasteiger partial charge in [-0.05, 0) is 195 Å². The van der Waals surface area contributed by atoms with Gasteiger partial charge in [0.05, 0.1) is 79.3 Å². The fraction of sp³-hybridized carbons (Fsp3) is 0.391. The lowest BCUT2D eigenvalue weighted by Gasteiger charge is -2.26. The smallest absolute Gasteiger partial charge is 0.330 e. The number of methoxy groups -OCH3 is 1. The van der Waals surface area contributed by atoms with Crippen LogP contribution in [-0.2, 0) is 43.0 Å². The number of anilines is 2. The van der Waals surface area contributed by atoms with Crippen LogP contribution in [-0.4, -0.2) is 80.6 Å². The molecule has 2 aliphatic rings. The highest BCUT2D eigenvalue weighted by Crippen LogP contribution is 2.37. The van der Waals surface area contributed by atoms with Gasteiger partial charge in [0, 0.05) is 17.7 Å². The van der Waals surface area contributed by atoms with Crippen molar-refractivity contribution in [3.63, 3.8) is 0 Å². The van der Waals surface area contributed by atoms with E-state index in [0.29, 0.717) is 93.4 Å². The summed E-state index contributed by atoms with van der Waals surface area (Å²) in [7, 11) is 1.37. The molecule has 0 unspecified atom stereocenters. The first kappa shape index (κ1) is 65.9. The van der Waals surface area contributed by atoms with Crippen LogP contribution >= 0.6 is 11.3 Å². The number of esters is 6. The second kappa shape index (κ2) is 35.1. The lowest BCUT2D eigenvalue weighted by Crippen LogP contribution is -2.30. The number of nitrogens with zero attached hydrogens (tertiary/aromatic N) is 3. The molecule has 0 spiro atoms. The van der Waals surface area contributed by atoms with Gasteiger partial charge in [0.1, 0.15) is 28.7 Å². The average Bonchev–Trinajstić information content (AvgIpc) is 2.54. The number of fused-ring (bicyclic) bond motifs is 1. The molecule has 2 saturated carbocycles. The molecule has 2 aliphatic carbocycles. The minimum absolute atomic E-state index is 0.233. The maximum Gasteiger partial charge on any atom is 0.330 e. The number of aromatic nitrogens is 1. The van der Waals surface area contributed by atoms with Crippen molar-refractivity contribution in [3.05, 3.63) is 157 Å². The van der Waals surface area contributed by atoms with Crippen LogP contribution in [0.4, 0.5) is 10.8 Å². The zero-order chi connectivity index (χ0) is 61.8. The maximum atomic E-state index is 13.6. The van der Waals surface area contributed by atoms with Crippen LogP contribution in [0.25, 0.3) is 10.2 Å². The van der Waals surface area contributed by atoms with Crippen LogP contribution < -0.4 is 28.7 Å². The first-order chi connectivity index (χ1) is 42.3. The van der Waals surface area contributed by atoms with Gasteiger partial charge in [-0.2, -0.15) is 5.10 Å². The van der Waals surface area contributed by atoms with E-state index in [-0.39, 0.29) is 41.2 Å². The molecule has 1 aromatic heterocycles. The van der Waals surface area contributed by atoms with Crippen molar-refractivity contribution in [1.82, 2.24) is 4.98 Å². The summed E-state index contributed by atoms with van der Waals surface area (Å²) in [6.07, 6.45) is 15.3. The third-order valence-corrected chi connectivity index (χ3v) is 16.0. The molecule has 0 radical (unpaired) electrons. The number of hydrogen-bond donors (Lipinski definition) is 0. The van der Waals surface area contributed by atoms with Crippen LogP contribution in [0.5, 0.6) is 28.7 Å². The molecule has 0 aliphatic heterocycles. The van der Waals surface area contributed by atoms with E-state index in [2.05, 4.69) is 20.1 Å². The monoisotopic (exact) mass is 1210 g/mol. The SMILES string of the molecule is C=CC(=O)OCCCCCCOc1ccc(C)cc1.C=CC(=O)OCCCCCCOc1ccc(OC(=O)C2CCC(C(=O)Oc3ccc(OC(=O)C4CCC(C(=O)OC)CC4)c(/C=N/N(c4ccc(C)cc4)c4nc5ccccc5s4)c3)CC2)cc1. The largest absolute Gasteiger partial charge is 0.494 e. The van der Waals surface area contributed by atoms with Gasteiger partial charge < -0.3 is 37.9 Å². The van der Waals surface area contributed by atoms with Crippen molar-refractivity contribution in [3.8, 4) is 28.7 Å². The molecule has 460 valence electrons. The van der Waals surface area contributed by atoms with Crippen molar-refractivity contribution >= 4 is 74.4 Å². The molecular formula is C69H79N3O14S. The lowest BCUT2D eigenvalue weighted by atomic mass is 9.82. The van der Waals surface area contributed by atoms with Gasteiger partial charge >= 0.3 is 35.8 Å². The van der Waals surface area contributed by atoms with E-state index in [9.17, 15) is 28.8 Å². The number of hydrazone groups is 1. The Hall–Kier alpha value is -8.64. The minimum atomic E-state index is -0.434. The maximum absolute atomic E-state index is 13.6. The van der Waals surface area contributed by atoms with E-state index in [1.54, 1.807) is 53.7 Å². The van der Waals surface area contributed by atoms with E-state index >= 15 is 0 Å². The zero-order valence-corrected chi connectivity index (χ0v) is 50.8. The van der Waals surface area contributed by atoms with Crippen LogP contribution in [0, 0.1) is 37.5 Å². The van der Waals surface area contributed by atoms with Crippen LogP contribution in [0.15, 0.2) is 146 Å². The Kier molecular flexibility index (Phi) is 26.6. The Bertz CT molecular complexity index is 3200. The highest BCUT2D eigenvalue weighted by Gasteiger charge is 2.34. The molecule has 2 fully saturated rings. The molecule has 0 saturated heterocycles. The first-order valence-electron chi connectivity index (χ1n) is 29.9. The number of thiazole rings is 1. The summed E-state index contributed by atoms with van der Waals surface area (Å²) in [4.78, 5) is 79.3. The number of ether oxygens (including phenoxy) is 8. The molecule has 0 amide bonds. The van der Waals surface area contributed by atoms with E-state index in [1.165, 1.54) is 30.1 Å². The number of para-hydroxylation sites is 1. The number of benzene rings is 5. The number of rotatable bonds is 29. The molecule has 0 N–H and O–H groups in total. The Morgan fingerprint density at radius 3 is 1.47 bits per heavy atom. The summed E-state index contributed by atoms with van der Waals surface area (Å²) >= 11 is 1.48. The summed E-state index contributed by atoms with van der Waals surface area (Å²) in [5.74, 6) is -1.17. The highest BCUT2D eigenvalue weighted by molar-refractivity contribution is 7.22. The molecule has 1 heterocycles. The third-order valence-electron chi connectivity index (χ3n) is 15.0. The second-order valence-corrected chi connectivity index (χ2v) is 22.5. The number of hydrogen-bond acceptors (Lipinski definition) is 18. The Balaban J connectivity index is 0.000000485. The molecular weight excluding hydrogens is 1130 g/mol. The van der Waals surface area contributed by atoms with E-state index in [0.717, 1.165) is 91.3 Å². The van der Waals surface area contributed by atoms with Gasteiger partial charge in [-0.15, -0.1) is 0 Å². The van der Waals surface area contributed by atoms with Crippen molar-refractivity contribution < 1.29 is 66.7 Å². The molecule has 8 rings (SSSR count). The zero-order valence-electron chi connectivity index (χ0n) is 50.0. The van der Waals surface area contributed by atoms with Gasteiger partial charge in [0.25, 0.3) is 0 Å². The highest BCUT2D eigenvalue weighted by atomic mass is 32.1. The average molecular weight is 1210 g/mol. The predicted octanol–water partition coefficient (Wildman–Crippen LogP) is 14.3. The molecule has 6 aromatic rings. The second-order valence-electron chi connectivity index (χ2n) is 21.5. The summed E-state index contributed by atoms with van der Waals surface area (Å²) in [5, 5.41) is 7.23. The predicted molar refractivity (Wildman–Crippen MR) is 335 cm³/mol. The summed E-state index contributed by atoms with van der Waals surface area (Å²) in [5.41, 5.74) is 4.31. The molecule has 87 heavy (non-hydrogen) atoms. The normalized spacial score (nSPS) is 16.3. The quantitative estimate of drug-likeness (QED) is 0.00814. The Morgan fingerprint density at radius 2 is 0.966 bits per heavy atom. The number of aryl methyl sites for hydroxylation is 2.